The van der Waals surface area contributed by atoms with E-state index in [1.165, 1.54) is 36.8 Å². The Bertz CT molecular complexity index is 941. The SMILES string of the molecule is C[C@@H](Oc1ccc(S(=O)(=O)Nc2cccc(Cl)c2)cc1)C(=O)NC1CCCCC1. The number of carbonyl (C=O) groups excluding carboxylic acids is 1. The van der Waals surface area contributed by atoms with E-state index in [2.05, 4.69) is 10.0 Å². The van der Waals surface area contributed by atoms with Gasteiger partial charge in [0.25, 0.3) is 15.9 Å². The lowest BCUT2D eigenvalue weighted by Crippen LogP contribution is -2.43. The molecule has 1 amide bonds. The van der Waals surface area contributed by atoms with Crippen molar-refractivity contribution in [2.45, 2.75) is 56.1 Å². The minimum atomic E-state index is -3.75. The summed E-state index contributed by atoms with van der Waals surface area (Å²) in [6.07, 6.45) is 4.84. The zero-order valence-electron chi connectivity index (χ0n) is 16.2. The third-order valence-electron chi connectivity index (χ3n) is 4.84. The Morgan fingerprint density at radius 2 is 1.79 bits per heavy atom. The van der Waals surface area contributed by atoms with E-state index in [1.54, 1.807) is 25.1 Å². The van der Waals surface area contributed by atoms with Crippen molar-refractivity contribution in [1.29, 1.82) is 0 Å². The van der Waals surface area contributed by atoms with Gasteiger partial charge in [0, 0.05) is 11.1 Å². The molecule has 1 fully saturated rings. The van der Waals surface area contributed by atoms with Crippen LogP contribution in [0.2, 0.25) is 5.02 Å². The summed E-state index contributed by atoms with van der Waals surface area (Å²) in [5.74, 6) is 0.272. The minimum absolute atomic E-state index is 0.0872. The van der Waals surface area contributed by atoms with Gasteiger partial charge in [0.05, 0.1) is 10.6 Å². The number of sulfonamides is 1. The summed E-state index contributed by atoms with van der Waals surface area (Å²) >= 11 is 5.89. The minimum Gasteiger partial charge on any atom is -0.481 e. The first kappa shape index (κ1) is 21.5. The van der Waals surface area contributed by atoms with Gasteiger partial charge in [-0.05, 0) is 62.2 Å². The molecule has 2 aromatic rings. The third kappa shape index (κ3) is 6.11. The molecule has 0 radical (unpaired) electrons. The van der Waals surface area contributed by atoms with Crippen molar-refractivity contribution < 1.29 is 17.9 Å². The number of rotatable bonds is 7. The molecule has 0 unspecified atom stereocenters. The van der Waals surface area contributed by atoms with Crippen LogP contribution in [0.5, 0.6) is 5.75 Å². The molecule has 8 heteroatoms. The van der Waals surface area contributed by atoms with Crippen molar-refractivity contribution in [2.24, 2.45) is 0 Å². The fourth-order valence-corrected chi connectivity index (χ4v) is 4.53. The normalized spacial score (nSPS) is 16.1. The summed E-state index contributed by atoms with van der Waals surface area (Å²) in [5, 5.41) is 3.47. The maximum absolute atomic E-state index is 12.5. The van der Waals surface area contributed by atoms with Crippen LogP contribution < -0.4 is 14.8 Å². The number of nitrogens with one attached hydrogen (secondary N) is 2. The highest BCUT2D eigenvalue weighted by Crippen LogP contribution is 2.22. The third-order valence-corrected chi connectivity index (χ3v) is 6.48. The Balaban J connectivity index is 1.59. The fraction of sp³-hybridized carbons (Fsp3) is 0.381. The van der Waals surface area contributed by atoms with Crippen molar-refractivity contribution in [3.8, 4) is 5.75 Å². The van der Waals surface area contributed by atoms with Gasteiger partial charge >= 0.3 is 0 Å². The Hall–Kier alpha value is -2.25. The molecule has 3 rings (SSSR count). The summed E-state index contributed by atoms with van der Waals surface area (Å²) < 4.78 is 33.2. The van der Waals surface area contributed by atoms with E-state index in [0.717, 1.165) is 25.7 Å². The van der Waals surface area contributed by atoms with Gasteiger partial charge < -0.3 is 10.1 Å². The highest BCUT2D eigenvalue weighted by atomic mass is 35.5. The van der Waals surface area contributed by atoms with Crippen LogP contribution in [0.15, 0.2) is 53.4 Å². The largest absolute Gasteiger partial charge is 0.481 e. The van der Waals surface area contributed by atoms with E-state index < -0.39 is 16.1 Å². The molecule has 1 aliphatic carbocycles. The van der Waals surface area contributed by atoms with Crippen molar-refractivity contribution in [3.63, 3.8) is 0 Å². The van der Waals surface area contributed by atoms with Crippen LogP contribution >= 0.6 is 11.6 Å². The molecule has 1 atom stereocenters. The molecule has 0 aliphatic heterocycles. The molecule has 2 N–H and O–H groups in total. The number of ether oxygens (including phenoxy) is 1. The first-order valence-corrected chi connectivity index (χ1v) is 11.5. The van der Waals surface area contributed by atoms with E-state index in [9.17, 15) is 13.2 Å². The summed E-state index contributed by atoms with van der Waals surface area (Å²) in [7, 11) is -3.75. The summed E-state index contributed by atoms with van der Waals surface area (Å²) in [6.45, 7) is 1.68. The average molecular weight is 437 g/mol. The molecule has 0 aromatic heterocycles. The molecule has 2 aromatic carbocycles. The standard InChI is InChI=1S/C21H25ClN2O4S/c1-15(21(25)23-17-7-3-2-4-8-17)28-19-10-12-20(13-11-19)29(26,27)24-18-9-5-6-16(22)14-18/h5-6,9-15,17,24H,2-4,7-8H2,1H3,(H,23,25)/t15-/m1/s1. The van der Waals surface area contributed by atoms with Crippen molar-refractivity contribution in [1.82, 2.24) is 5.32 Å². The number of carbonyl (C=O) groups is 1. The lowest BCUT2D eigenvalue weighted by molar-refractivity contribution is -0.128. The molecule has 6 nitrogen and oxygen atoms in total. The van der Waals surface area contributed by atoms with Crippen LogP contribution in [0.25, 0.3) is 0 Å². The van der Waals surface area contributed by atoms with Gasteiger partial charge in [0.2, 0.25) is 0 Å². The Kier molecular flexibility index (Phi) is 7.03. The summed E-state index contributed by atoms with van der Waals surface area (Å²) in [6, 6.07) is 12.6. The smallest absolute Gasteiger partial charge is 0.261 e. The van der Waals surface area contributed by atoms with Crippen LogP contribution in [0.4, 0.5) is 5.69 Å². The van der Waals surface area contributed by atoms with Gasteiger partial charge in [-0.3, -0.25) is 9.52 Å². The average Bonchev–Trinajstić information content (AvgIpc) is 2.69. The van der Waals surface area contributed by atoms with Gasteiger partial charge in [-0.15, -0.1) is 0 Å². The van der Waals surface area contributed by atoms with E-state index in [-0.39, 0.29) is 16.8 Å². The van der Waals surface area contributed by atoms with Crippen LogP contribution in [0.3, 0.4) is 0 Å². The number of hydrogen-bond donors (Lipinski definition) is 2. The number of amides is 1. The number of halogens is 1. The number of anilines is 1. The van der Waals surface area contributed by atoms with Crippen molar-refractivity contribution in [2.75, 3.05) is 4.72 Å². The van der Waals surface area contributed by atoms with Gasteiger partial charge in [-0.1, -0.05) is 36.9 Å². The first-order chi connectivity index (χ1) is 13.8. The van der Waals surface area contributed by atoms with Gasteiger partial charge in [-0.25, -0.2) is 8.42 Å². The van der Waals surface area contributed by atoms with E-state index >= 15 is 0 Å². The van der Waals surface area contributed by atoms with Gasteiger partial charge in [0.15, 0.2) is 6.10 Å². The highest BCUT2D eigenvalue weighted by Gasteiger charge is 2.21. The topological polar surface area (TPSA) is 84.5 Å². The predicted molar refractivity (Wildman–Crippen MR) is 114 cm³/mol. The predicted octanol–water partition coefficient (Wildman–Crippen LogP) is 4.36. The zero-order valence-corrected chi connectivity index (χ0v) is 17.8. The summed E-state index contributed by atoms with van der Waals surface area (Å²) in [5.41, 5.74) is 0.380. The molecular weight excluding hydrogens is 412 g/mol. The van der Waals surface area contributed by atoms with Crippen LogP contribution in [0, 0.1) is 0 Å². The zero-order chi connectivity index (χ0) is 20.9. The summed E-state index contributed by atoms with van der Waals surface area (Å²) in [4.78, 5) is 12.4. The van der Waals surface area contributed by atoms with Crippen molar-refractivity contribution in [3.05, 3.63) is 53.6 Å². The first-order valence-electron chi connectivity index (χ1n) is 9.69. The molecule has 0 saturated heterocycles. The maximum Gasteiger partial charge on any atom is 0.261 e. The van der Waals surface area contributed by atoms with Crippen molar-refractivity contribution >= 4 is 33.2 Å². The number of benzene rings is 2. The van der Waals surface area contributed by atoms with Gasteiger partial charge in [0.1, 0.15) is 5.75 Å². The second kappa shape index (κ2) is 9.50. The second-order valence-corrected chi connectivity index (χ2v) is 9.31. The van der Waals surface area contributed by atoms with E-state index in [1.807, 2.05) is 0 Å². The molecule has 0 heterocycles. The van der Waals surface area contributed by atoms with Crippen LogP contribution in [-0.4, -0.2) is 26.5 Å². The molecular formula is C21H25ClN2O4S. The Labute approximate surface area is 176 Å². The molecule has 0 bridgehead atoms. The van der Waals surface area contributed by atoms with E-state index in [4.69, 9.17) is 16.3 Å². The molecule has 1 aliphatic rings. The van der Waals surface area contributed by atoms with Crippen LogP contribution in [-0.2, 0) is 14.8 Å². The monoisotopic (exact) mass is 436 g/mol. The van der Waals surface area contributed by atoms with Crippen LogP contribution in [0.1, 0.15) is 39.0 Å². The lowest BCUT2D eigenvalue weighted by atomic mass is 9.95. The molecule has 156 valence electrons. The molecule has 0 spiro atoms. The molecule has 29 heavy (non-hydrogen) atoms. The fourth-order valence-electron chi connectivity index (χ4n) is 3.29. The molecule has 1 saturated carbocycles. The second-order valence-electron chi connectivity index (χ2n) is 7.19. The quantitative estimate of drug-likeness (QED) is 0.675. The van der Waals surface area contributed by atoms with Gasteiger partial charge in [-0.2, -0.15) is 0 Å². The maximum atomic E-state index is 12.5. The highest BCUT2D eigenvalue weighted by molar-refractivity contribution is 7.92. The lowest BCUT2D eigenvalue weighted by Gasteiger charge is -2.24. The Morgan fingerprint density at radius 1 is 1.10 bits per heavy atom. The number of hydrogen-bond acceptors (Lipinski definition) is 4. The van der Waals surface area contributed by atoms with E-state index in [0.29, 0.717) is 16.5 Å². The Morgan fingerprint density at radius 3 is 2.45 bits per heavy atom.